The summed E-state index contributed by atoms with van der Waals surface area (Å²) in [4.78, 5) is 0.859. The normalized spacial score (nSPS) is 15.8. The maximum Gasteiger partial charge on any atom is 0.0667 e. The highest BCUT2D eigenvalue weighted by molar-refractivity contribution is 8.00. The van der Waals surface area contributed by atoms with Gasteiger partial charge in [0.15, 0.2) is 0 Å². The van der Waals surface area contributed by atoms with Crippen molar-refractivity contribution in [3.63, 3.8) is 0 Å². The van der Waals surface area contributed by atoms with E-state index in [1.807, 2.05) is 30.3 Å². The lowest BCUT2D eigenvalue weighted by atomic mass is 10.1. The van der Waals surface area contributed by atoms with E-state index in [1.54, 1.807) is 11.8 Å². The first kappa shape index (κ1) is 17.7. The molecule has 1 N–H and O–H groups in total. The smallest absolute Gasteiger partial charge is 0.0667 e. The van der Waals surface area contributed by atoms with Crippen LogP contribution in [0.4, 0.5) is 0 Å². The molecule has 0 bridgehead atoms. The lowest BCUT2D eigenvalue weighted by Gasteiger charge is -2.22. The second kappa shape index (κ2) is 10.4. The van der Waals surface area contributed by atoms with Gasteiger partial charge in [0.05, 0.1) is 16.9 Å². The van der Waals surface area contributed by atoms with Crippen molar-refractivity contribution in [2.24, 2.45) is 0 Å². The van der Waals surface area contributed by atoms with Gasteiger partial charge < -0.3 is 5.11 Å². The third-order valence-electron chi connectivity index (χ3n) is 3.17. The molecule has 0 saturated heterocycles. The van der Waals surface area contributed by atoms with E-state index in [2.05, 4.69) is 13.8 Å². The van der Waals surface area contributed by atoms with Crippen molar-refractivity contribution in [2.75, 3.05) is 11.5 Å². The Morgan fingerprint density at radius 2 is 1.90 bits per heavy atom. The molecule has 0 saturated carbocycles. The van der Waals surface area contributed by atoms with Crippen LogP contribution in [0, 0.1) is 0 Å². The molecule has 0 amide bonds. The number of aliphatic hydroxyl groups excluding tert-OH is 1. The van der Waals surface area contributed by atoms with Crippen molar-refractivity contribution in [3.05, 3.63) is 30.3 Å². The van der Waals surface area contributed by atoms with Crippen molar-refractivity contribution in [2.45, 2.75) is 55.8 Å². The summed E-state index contributed by atoms with van der Waals surface area (Å²) in [5, 5.41) is 10.3. The van der Waals surface area contributed by atoms with E-state index in [0.717, 1.165) is 36.3 Å². The number of aliphatic hydroxyl groups is 1. The molecule has 0 spiro atoms. The van der Waals surface area contributed by atoms with Gasteiger partial charge in [0, 0.05) is 15.9 Å². The third-order valence-corrected chi connectivity index (χ3v) is 6.27. The van der Waals surface area contributed by atoms with Gasteiger partial charge in [-0.2, -0.15) is 11.8 Å². The van der Waals surface area contributed by atoms with Crippen molar-refractivity contribution in [1.82, 2.24) is 0 Å². The number of benzene rings is 1. The predicted octanol–water partition coefficient (Wildman–Crippen LogP) is 3.86. The van der Waals surface area contributed by atoms with Crippen LogP contribution in [-0.4, -0.2) is 32.2 Å². The molecule has 2 nitrogen and oxygen atoms in total. The summed E-state index contributed by atoms with van der Waals surface area (Å²) in [6.45, 7) is 4.24. The van der Waals surface area contributed by atoms with E-state index in [1.165, 1.54) is 0 Å². The summed E-state index contributed by atoms with van der Waals surface area (Å²) in [7, 11) is -1.02. The second-order valence-corrected chi connectivity index (χ2v) is 7.79. The average molecular weight is 315 g/mol. The zero-order valence-corrected chi connectivity index (χ0v) is 14.1. The molecule has 4 heteroatoms. The fourth-order valence-electron chi connectivity index (χ4n) is 1.95. The van der Waals surface area contributed by atoms with Gasteiger partial charge in [0.25, 0.3) is 0 Å². The molecule has 20 heavy (non-hydrogen) atoms. The number of rotatable bonds is 10. The highest BCUT2D eigenvalue weighted by atomic mass is 32.2. The van der Waals surface area contributed by atoms with E-state index in [4.69, 9.17) is 0 Å². The zero-order valence-electron chi connectivity index (χ0n) is 12.5. The largest absolute Gasteiger partial charge is 0.392 e. The summed E-state index contributed by atoms with van der Waals surface area (Å²) in [6, 6.07) is 9.55. The van der Waals surface area contributed by atoms with Crippen molar-refractivity contribution < 1.29 is 9.32 Å². The number of hydrogen-bond acceptors (Lipinski definition) is 3. The standard InChI is InChI=1S/C16H26O2S2/c1-3-5-12-19-16(15(17)9-4-2)13-20(18)14-10-7-6-8-11-14/h6-8,10-11,15-17H,3-5,9,12-13H2,1-2H3/t15-,16+,20+/m1/s1. The average Bonchev–Trinajstić information content (AvgIpc) is 2.47. The Balaban J connectivity index is 2.60. The molecular weight excluding hydrogens is 288 g/mol. The quantitative estimate of drug-likeness (QED) is 0.666. The molecule has 1 aromatic rings. The van der Waals surface area contributed by atoms with E-state index in [-0.39, 0.29) is 11.4 Å². The first-order valence-electron chi connectivity index (χ1n) is 7.42. The summed E-state index contributed by atoms with van der Waals surface area (Å²) in [5.74, 6) is 1.58. The third kappa shape index (κ3) is 6.42. The summed E-state index contributed by atoms with van der Waals surface area (Å²) in [5.41, 5.74) is 0. The predicted molar refractivity (Wildman–Crippen MR) is 89.8 cm³/mol. The molecule has 1 aromatic carbocycles. The SMILES string of the molecule is CCCCS[C@@H](C[S@](=O)c1ccccc1)[C@H](O)CCC. The van der Waals surface area contributed by atoms with Crippen LogP contribution in [0.15, 0.2) is 35.2 Å². The van der Waals surface area contributed by atoms with Gasteiger partial charge in [0.2, 0.25) is 0 Å². The van der Waals surface area contributed by atoms with Crippen molar-refractivity contribution in [3.8, 4) is 0 Å². The summed E-state index contributed by atoms with van der Waals surface area (Å²) in [6.07, 6.45) is 3.71. The van der Waals surface area contributed by atoms with Crippen LogP contribution in [0.3, 0.4) is 0 Å². The fourth-order valence-corrected chi connectivity index (χ4v) is 4.99. The van der Waals surface area contributed by atoms with Gasteiger partial charge in [0.1, 0.15) is 0 Å². The van der Waals surface area contributed by atoms with E-state index in [0.29, 0.717) is 5.75 Å². The lowest BCUT2D eigenvalue weighted by Crippen LogP contribution is -2.29. The molecule has 0 aliphatic heterocycles. The summed E-state index contributed by atoms with van der Waals surface area (Å²) >= 11 is 1.77. The first-order valence-corrected chi connectivity index (χ1v) is 9.78. The molecule has 0 aliphatic rings. The van der Waals surface area contributed by atoms with Crippen LogP contribution in [-0.2, 0) is 10.8 Å². The topological polar surface area (TPSA) is 37.3 Å². The minimum atomic E-state index is -1.02. The monoisotopic (exact) mass is 314 g/mol. The molecule has 0 aliphatic carbocycles. The van der Waals surface area contributed by atoms with E-state index in [9.17, 15) is 9.32 Å². The summed E-state index contributed by atoms with van der Waals surface area (Å²) < 4.78 is 12.4. The Kier molecular flexibility index (Phi) is 9.23. The lowest BCUT2D eigenvalue weighted by molar-refractivity contribution is 0.166. The molecule has 0 heterocycles. The maximum atomic E-state index is 12.4. The Hall–Kier alpha value is -0.320. The number of unbranched alkanes of at least 4 members (excludes halogenated alkanes) is 1. The number of thioether (sulfide) groups is 1. The Morgan fingerprint density at radius 3 is 2.50 bits per heavy atom. The molecule has 0 aromatic heterocycles. The maximum absolute atomic E-state index is 12.4. The molecule has 0 unspecified atom stereocenters. The van der Waals surface area contributed by atoms with Crippen LogP contribution in [0.2, 0.25) is 0 Å². The van der Waals surface area contributed by atoms with Crippen LogP contribution in [0.1, 0.15) is 39.5 Å². The highest BCUT2D eigenvalue weighted by Gasteiger charge is 2.22. The van der Waals surface area contributed by atoms with Gasteiger partial charge in [-0.3, -0.25) is 4.21 Å². The van der Waals surface area contributed by atoms with E-state index >= 15 is 0 Å². The molecule has 0 radical (unpaired) electrons. The fraction of sp³-hybridized carbons (Fsp3) is 0.625. The second-order valence-electron chi connectivity index (χ2n) is 4.94. The molecule has 3 atom stereocenters. The van der Waals surface area contributed by atoms with Crippen LogP contribution in [0.25, 0.3) is 0 Å². The molecule has 0 fully saturated rings. The molecular formula is C16H26O2S2. The molecule has 1 rings (SSSR count). The van der Waals surface area contributed by atoms with Gasteiger partial charge >= 0.3 is 0 Å². The zero-order chi connectivity index (χ0) is 14.8. The minimum absolute atomic E-state index is 0.0718. The van der Waals surface area contributed by atoms with Gasteiger partial charge in [-0.05, 0) is 30.7 Å². The minimum Gasteiger partial charge on any atom is -0.392 e. The van der Waals surface area contributed by atoms with Crippen LogP contribution >= 0.6 is 11.8 Å². The molecule has 114 valence electrons. The first-order chi connectivity index (χ1) is 9.69. The van der Waals surface area contributed by atoms with Crippen molar-refractivity contribution >= 4 is 22.6 Å². The van der Waals surface area contributed by atoms with Crippen LogP contribution in [0.5, 0.6) is 0 Å². The highest BCUT2D eigenvalue weighted by Crippen LogP contribution is 2.22. The van der Waals surface area contributed by atoms with Gasteiger partial charge in [-0.25, -0.2) is 0 Å². The Bertz CT molecular complexity index is 381. The van der Waals surface area contributed by atoms with Crippen LogP contribution < -0.4 is 0 Å². The Morgan fingerprint density at radius 1 is 1.20 bits per heavy atom. The van der Waals surface area contributed by atoms with Crippen molar-refractivity contribution in [1.29, 1.82) is 0 Å². The Labute approximate surface area is 129 Å². The van der Waals surface area contributed by atoms with Gasteiger partial charge in [-0.1, -0.05) is 44.9 Å². The number of hydrogen-bond donors (Lipinski definition) is 1. The van der Waals surface area contributed by atoms with E-state index < -0.39 is 10.8 Å². The van der Waals surface area contributed by atoms with Gasteiger partial charge in [-0.15, -0.1) is 0 Å².